The molecule has 1 fully saturated rings. The standard InChI is InChI=1S/C23H28N4O/c1-16-13-24-23-21(16)12-19(14-25-23)18-10-17-4-3-9-28-22(17)20(11-18)15-27-7-5-26(2)6-8-27/h10-14H,3-9,15H2,1-2H3,(H,24,25). The number of aromatic amines is 1. The van der Waals surface area contributed by atoms with Crippen LogP contribution in [0.15, 0.2) is 30.6 Å². The first kappa shape index (κ1) is 17.7. The average molecular weight is 377 g/mol. The van der Waals surface area contributed by atoms with Gasteiger partial charge in [-0.3, -0.25) is 4.90 Å². The SMILES string of the molecule is Cc1c[nH]c2ncc(-c3cc4c(c(CN5CCN(C)CC5)c3)OCCC4)cc12. The molecule has 0 bridgehead atoms. The fourth-order valence-corrected chi connectivity index (χ4v) is 4.39. The van der Waals surface area contributed by atoms with E-state index in [-0.39, 0.29) is 0 Å². The maximum absolute atomic E-state index is 6.13. The van der Waals surface area contributed by atoms with Crippen molar-refractivity contribution in [1.82, 2.24) is 19.8 Å². The van der Waals surface area contributed by atoms with Gasteiger partial charge in [-0.25, -0.2) is 4.98 Å². The number of nitrogens with one attached hydrogen (secondary N) is 1. The molecule has 0 radical (unpaired) electrons. The highest BCUT2D eigenvalue weighted by atomic mass is 16.5. The fourth-order valence-electron chi connectivity index (χ4n) is 4.39. The zero-order chi connectivity index (χ0) is 19.1. The zero-order valence-electron chi connectivity index (χ0n) is 16.8. The van der Waals surface area contributed by atoms with E-state index in [1.165, 1.54) is 33.2 Å². The van der Waals surface area contributed by atoms with Crippen LogP contribution in [0.25, 0.3) is 22.2 Å². The molecule has 2 aliphatic heterocycles. The predicted molar refractivity (Wildman–Crippen MR) is 113 cm³/mol. The van der Waals surface area contributed by atoms with E-state index in [9.17, 15) is 0 Å². The first-order chi connectivity index (χ1) is 13.7. The number of H-pyrrole nitrogens is 1. The number of pyridine rings is 1. The third-order valence-electron chi connectivity index (χ3n) is 6.14. The van der Waals surface area contributed by atoms with Gasteiger partial charge in [-0.1, -0.05) is 0 Å². The van der Waals surface area contributed by atoms with Crippen LogP contribution in [0.2, 0.25) is 0 Å². The smallest absolute Gasteiger partial charge is 0.137 e. The molecule has 0 aliphatic carbocycles. The molecule has 0 spiro atoms. The van der Waals surface area contributed by atoms with E-state index in [2.05, 4.69) is 51.9 Å². The number of hydrogen-bond donors (Lipinski definition) is 1. The number of aromatic nitrogens is 2. The molecule has 5 rings (SSSR count). The van der Waals surface area contributed by atoms with Crippen LogP contribution >= 0.6 is 0 Å². The molecule has 5 heteroatoms. The summed E-state index contributed by atoms with van der Waals surface area (Å²) in [7, 11) is 2.20. The van der Waals surface area contributed by atoms with Crippen LogP contribution in [0.3, 0.4) is 0 Å². The number of ether oxygens (including phenoxy) is 1. The Hall–Kier alpha value is -2.37. The Labute approximate surface area is 166 Å². The molecule has 0 atom stereocenters. The number of piperazine rings is 1. The second-order valence-corrected chi connectivity index (χ2v) is 8.25. The van der Waals surface area contributed by atoms with Crippen LogP contribution in [-0.2, 0) is 13.0 Å². The van der Waals surface area contributed by atoms with Gasteiger partial charge in [0.25, 0.3) is 0 Å². The van der Waals surface area contributed by atoms with Gasteiger partial charge in [0, 0.05) is 61.6 Å². The summed E-state index contributed by atoms with van der Waals surface area (Å²) in [5, 5.41) is 1.20. The second kappa shape index (κ2) is 7.22. The minimum Gasteiger partial charge on any atom is -0.493 e. The maximum Gasteiger partial charge on any atom is 0.137 e. The Kier molecular flexibility index (Phi) is 4.57. The minimum atomic E-state index is 0.831. The van der Waals surface area contributed by atoms with E-state index < -0.39 is 0 Å². The molecule has 3 aromatic rings. The molecule has 1 aromatic carbocycles. The third-order valence-corrected chi connectivity index (χ3v) is 6.14. The normalized spacial score (nSPS) is 18.2. The average Bonchev–Trinajstić information content (AvgIpc) is 3.10. The van der Waals surface area contributed by atoms with Crippen molar-refractivity contribution in [3.8, 4) is 16.9 Å². The molecule has 0 amide bonds. The van der Waals surface area contributed by atoms with E-state index >= 15 is 0 Å². The summed E-state index contributed by atoms with van der Waals surface area (Å²) < 4.78 is 6.13. The van der Waals surface area contributed by atoms with Crippen LogP contribution in [0.5, 0.6) is 5.75 Å². The van der Waals surface area contributed by atoms with E-state index in [1.807, 2.05) is 12.4 Å². The summed E-state index contributed by atoms with van der Waals surface area (Å²) in [4.78, 5) is 12.8. The van der Waals surface area contributed by atoms with Gasteiger partial charge in [0.15, 0.2) is 0 Å². The van der Waals surface area contributed by atoms with E-state index in [0.29, 0.717) is 0 Å². The van der Waals surface area contributed by atoms with Crippen LogP contribution in [0, 0.1) is 6.92 Å². The Morgan fingerprint density at radius 3 is 2.82 bits per heavy atom. The van der Waals surface area contributed by atoms with E-state index in [0.717, 1.165) is 63.6 Å². The molecule has 2 aliphatic rings. The summed E-state index contributed by atoms with van der Waals surface area (Å²) in [6.07, 6.45) is 6.21. The molecule has 0 unspecified atom stereocenters. The monoisotopic (exact) mass is 376 g/mol. The van der Waals surface area contributed by atoms with Gasteiger partial charge in [-0.15, -0.1) is 0 Å². The Bertz CT molecular complexity index is 1000. The molecule has 2 aromatic heterocycles. The van der Waals surface area contributed by atoms with E-state index in [4.69, 9.17) is 4.74 Å². The highest BCUT2D eigenvalue weighted by Gasteiger charge is 2.21. The molecular weight excluding hydrogens is 348 g/mol. The van der Waals surface area contributed by atoms with Crippen molar-refractivity contribution in [2.24, 2.45) is 0 Å². The Morgan fingerprint density at radius 1 is 1.11 bits per heavy atom. The molecule has 146 valence electrons. The van der Waals surface area contributed by atoms with Gasteiger partial charge >= 0.3 is 0 Å². The molecule has 4 heterocycles. The summed E-state index contributed by atoms with van der Waals surface area (Å²) in [6, 6.07) is 6.90. The van der Waals surface area contributed by atoms with Crippen LogP contribution in [0.4, 0.5) is 0 Å². The van der Waals surface area contributed by atoms with Gasteiger partial charge in [-0.2, -0.15) is 0 Å². The van der Waals surface area contributed by atoms with Gasteiger partial charge in [0.1, 0.15) is 11.4 Å². The van der Waals surface area contributed by atoms with Gasteiger partial charge in [0.05, 0.1) is 6.61 Å². The Balaban J connectivity index is 1.53. The van der Waals surface area contributed by atoms with Crippen molar-refractivity contribution in [1.29, 1.82) is 0 Å². The summed E-state index contributed by atoms with van der Waals surface area (Å²) in [6.45, 7) is 8.42. The largest absolute Gasteiger partial charge is 0.493 e. The molecule has 5 nitrogen and oxygen atoms in total. The molecule has 1 N–H and O–H groups in total. The van der Waals surface area contributed by atoms with Gasteiger partial charge < -0.3 is 14.6 Å². The van der Waals surface area contributed by atoms with Crippen LogP contribution < -0.4 is 4.74 Å². The van der Waals surface area contributed by atoms with Crippen molar-refractivity contribution in [2.75, 3.05) is 39.8 Å². The number of benzene rings is 1. The van der Waals surface area contributed by atoms with Gasteiger partial charge in [0.2, 0.25) is 0 Å². The van der Waals surface area contributed by atoms with Crippen LogP contribution in [-0.4, -0.2) is 59.6 Å². The van der Waals surface area contributed by atoms with Crippen molar-refractivity contribution < 1.29 is 4.74 Å². The van der Waals surface area contributed by atoms with Crippen molar-refractivity contribution in [3.63, 3.8) is 0 Å². The highest BCUT2D eigenvalue weighted by Crippen LogP contribution is 2.35. The fraction of sp³-hybridized carbons (Fsp3) is 0.435. The lowest BCUT2D eigenvalue weighted by Gasteiger charge is -2.33. The third kappa shape index (κ3) is 3.29. The molecular formula is C23H28N4O. The summed E-state index contributed by atoms with van der Waals surface area (Å²) >= 11 is 0. The van der Waals surface area contributed by atoms with Crippen molar-refractivity contribution in [3.05, 3.63) is 47.3 Å². The number of fused-ring (bicyclic) bond motifs is 2. The van der Waals surface area contributed by atoms with E-state index in [1.54, 1.807) is 0 Å². The van der Waals surface area contributed by atoms with Crippen molar-refractivity contribution in [2.45, 2.75) is 26.3 Å². The molecule has 28 heavy (non-hydrogen) atoms. The lowest BCUT2D eigenvalue weighted by atomic mass is 9.95. The summed E-state index contributed by atoms with van der Waals surface area (Å²) in [5.74, 6) is 1.13. The quantitative estimate of drug-likeness (QED) is 0.758. The maximum atomic E-state index is 6.13. The highest BCUT2D eigenvalue weighted by molar-refractivity contribution is 5.84. The lowest BCUT2D eigenvalue weighted by Crippen LogP contribution is -2.44. The lowest BCUT2D eigenvalue weighted by molar-refractivity contribution is 0.146. The second-order valence-electron chi connectivity index (χ2n) is 8.25. The number of hydrogen-bond acceptors (Lipinski definition) is 4. The van der Waals surface area contributed by atoms with Crippen LogP contribution in [0.1, 0.15) is 23.1 Å². The minimum absolute atomic E-state index is 0.831. The first-order valence-electron chi connectivity index (χ1n) is 10.3. The zero-order valence-corrected chi connectivity index (χ0v) is 16.8. The number of likely N-dealkylation sites (N-methyl/N-ethyl adjacent to an activating group) is 1. The Morgan fingerprint density at radius 2 is 1.96 bits per heavy atom. The molecule has 1 saturated heterocycles. The summed E-state index contributed by atoms with van der Waals surface area (Å²) in [5.41, 5.74) is 7.30. The number of nitrogens with zero attached hydrogens (tertiary/aromatic N) is 3. The van der Waals surface area contributed by atoms with Crippen molar-refractivity contribution >= 4 is 11.0 Å². The number of aryl methyl sites for hydroxylation is 2. The number of rotatable bonds is 3. The topological polar surface area (TPSA) is 44.4 Å². The van der Waals surface area contributed by atoms with Gasteiger partial charge in [-0.05, 0) is 61.7 Å². The first-order valence-corrected chi connectivity index (χ1v) is 10.3. The molecule has 0 saturated carbocycles. The predicted octanol–water partition coefficient (Wildman–Crippen LogP) is 3.61.